The number of alkyl halides is 4. The first-order chi connectivity index (χ1) is 23.0. The molecule has 8 bridgehead atoms. The number of hydrogen-bond donors (Lipinski definition) is 0. The molecule has 2 saturated carbocycles. The van der Waals surface area contributed by atoms with Gasteiger partial charge in [0.25, 0.3) is 0 Å². The normalized spacial score (nSPS) is 33.3. The van der Waals surface area contributed by atoms with E-state index in [1.165, 1.54) is 0 Å². The Kier molecular flexibility index (Phi) is 7.59. The number of fused-ring (bicyclic) bond motifs is 20. The Morgan fingerprint density at radius 2 is 0.878 bits per heavy atom. The van der Waals surface area contributed by atoms with E-state index in [-0.39, 0.29) is 98.6 Å². The minimum absolute atomic E-state index is 0. The summed E-state index contributed by atoms with van der Waals surface area (Å²) in [5.74, 6) is -7.91. The molecule has 9 rings (SSSR count). The number of nitrogens with zero attached hydrogens (tertiary/aromatic N) is 8. The summed E-state index contributed by atoms with van der Waals surface area (Å²) < 4.78 is 117. The predicted molar refractivity (Wildman–Crippen MR) is 157 cm³/mol. The number of amidine groups is 2. The van der Waals surface area contributed by atoms with Crippen molar-refractivity contribution < 1.29 is 52.2 Å². The average molecular weight is 734 g/mol. The first-order valence-electron chi connectivity index (χ1n) is 15.5. The molecule has 2 saturated heterocycles. The van der Waals surface area contributed by atoms with Crippen molar-refractivity contribution in [1.82, 2.24) is 9.97 Å². The van der Waals surface area contributed by atoms with E-state index < -0.39 is 84.0 Å². The molecule has 0 N–H and O–H groups in total. The minimum Gasteiger partial charge on any atom is -0.459 e. The predicted octanol–water partition coefficient (Wildman–Crippen LogP) is 6.31. The number of aromatic nitrogens is 2. The summed E-state index contributed by atoms with van der Waals surface area (Å²) in [7, 11) is 0. The van der Waals surface area contributed by atoms with Crippen molar-refractivity contribution in [1.29, 1.82) is 0 Å². The van der Waals surface area contributed by atoms with Crippen LogP contribution < -0.4 is 20.9 Å². The van der Waals surface area contributed by atoms with Crippen LogP contribution in [0.4, 0.5) is 46.8 Å². The van der Waals surface area contributed by atoms with Crippen LogP contribution in [-0.2, 0) is 17.1 Å². The molecule has 1 radical (unpaired) electrons. The van der Waals surface area contributed by atoms with Crippen LogP contribution in [0.5, 0.6) is 0 Å². The molecule has 4 fully saturated rings. The van der Waals surface area contributed by atoms with Gasteiger partial charge in [-0.3, -0.25) is 0 Å². The van der Waals surface area contributed by atoms with E-state index in [2.05, 4.69) is 40.6 Å². The van der Waals surface area contributed by atoms with Crippen LogP contribution in [0.3, 0.4) is 0 Å². The fourth-order valence-corrected chi connectivity index (χ4v) is 7.76. The Morgan fingerprint density at radius 3 is 1.29 bits per heavy atom. The summed E-state index contributed by atoms with van der Waals surface area (Å²) in [6, 6.07) is 3.55. The molecule has 10 atom stereocenters. The molecular weight excluding hydrogens is 712 g/mol. The molecule has 49 heavy (non-hydrogen) atoms. The van der Waals surface area contributed by atoms with Crippen molar-refractivity contribution in [3.63, 3.8) is 0 Å². The molecule has 10 unspecified atom stereocenters. The summed E-state index contributed by atoms with van der Waals surface area (Å²) in [5, 5.41) is 9.37. The van der Waals surface area contributed by atoms with Crippen molar-refractivity contribution in [2.75, 3.05) is 0 Å². The van der Waals surface area contributed by atoms with Gasteiger partial charge in [0, 0.05) is 11.0 Å². The third-order valence-electron chi connectivity index (χ3n) is 10.2. The molecule has 17 heteroatoms. The van der Waals surface area contributed by atoms with E-state index in [9.17, 15) is 35.1 Å². The number of hydrogen-bond acceptors (Lipinski definition) is 4. The molecule has 0 amide bonds. The van der Waals surface area contributed by atoms with E-state index >= 15 is 0 Å². The van der Waals surface area contributed by atoms with Crippen molar-refractivity contribution in [2.45, 2.75) is 62.7 Å². The van der Waals surface area contributed by atoms with Gasteiger partial charge in [-0.15, -0.1) is 0 Å². The maximum Gasteiger partial charge on any atom is 2.00 e. The summed E-state index contributed by atoms with van der Waals surface area (Å²) in [6.07, 6.45) is -10.6. The quantitative estimate of drug-likeness (QED) is 0.156. The fourth-order valence-electron chi connectivity index (χ4n) is 7.76. The number of halogens is 8. The van der Waals surface area contributed by atoms with Crippen LogP contribution >= 0.6 is 0 Å². The van der Waals surface area contributed by atoms with Crippen LogP contribution in [-0.4, -0.2) is 48.7 Å². The van der Waals surface area contributed by atoms with Crippen LogP contribution in [0.1, 0.15) is 25.7 Å². The Hall–Kier alpha value is -3.98. The van der Waals surface area contributed by atoms with Crippen molar-refractivity contribution >= 4 is 44.9 Å². The van der Waals surface area contributed by atoms with Crippen molar-refractivity contribution in [3.8, 4) is 0 Å². The molecule has 5 heterocycles. The van der Waals surface area contributed by atoms with Gasteiger partial charge < -0.3 is 40.6 Å². The molecule has 4 aromatic rings. The van der Waals surface area contributed by atoms with Gasteiger partial charge in [0.05, 0.1) is 0 Å². The second-order valence-corrected chi connectivity index (χ2v) is 13.0. The zero-order chi connectivity index (χ0) is 33.2. The van der Waals surface area contributed by atoms with Gasteiger partial charge in [-0.25, -0.2) is 35.1 Å². The van der Waals surface area contributed by atoms with Gasteiger partial charge in [-0.1, -0.05) is 11.7 Å². The van der Waals surface area contributed by atoms with Gasteiger partial charge >= 0.3 is 17.1 Å². The van der Waals surface area contributed by atoms with Gasteiger partial charge in [0.15, 0.2) is 23.3 Å². The van der Waals surface area contributed by atoms with Gasteiger partial charge in [0.1, 0.15) is 24.7 Å². The zero-order valence-corrected chi connectivity index (χ0v) is 25.8. The number of rotatable bonds is 0. The Labute approximate surface area is 282 Å². The van der Waals surface area contributed by atoms with E-state index in [1.54, 1.807) is 0 Å². The second kappa shape index (κ2) is 11.5. The van der Waals surface area contributed by atoms with E-state index in [0.29, 0.717) is 0 Å². The minimum atomic E-state index is -1.83. The standard InChI is InChI=1S/C32H22F8N8.Cu/c33-17-1-9-10(2-18(17)34)26-41-25(9)45-27-11-3-19(35)20(36)4-12(11)29(42-27)47-31-15-7-23(39)24(40)8-16(15)32(44-31)48-30-14-6-22(38)21(37)5-13(14)28(43-30)46-26;/h1-2,7-8,11-14,19-22,27-28H,3-6H2;/q-4;+2. The van der Waals surface area contributed by atoms with E-state index in [4.69, 9.17) is 0 Å². The molecule has 2 aliphatic carbocycles. The summed E-state index contributed by atoms with van der Waals surface area (Å²) in [4.78, 5) is 27.2. The Morgan fingerprint density at radius 1 is 0.510 bits per heavy atom. The fraction of sp³-hybridized carbons (Fsp3) is 0.438. The monoisotopic (exact) mass is 733 g/mol. The van der Waals surface area contributed by atoms with Crippen LogP contribution in [0.15, 0.2) is 44.2 Å². The average Bonchev–Trinajstić information content (AvgIpc) is 3.74. The number of benzene rings is 2. The van der Waals surface area contributed by atoms with E-state index in [1.807, 2.05) is 0 Å². The largest absolute Gasteiger partial charge is 2.00 e. The summed E-state index contributed by atoms with van der Waals surface area (Å²) in [5.41, 5.74) is -0.200. The van der Waals surface area contributed by atoms with Crippen molar-refractivity contribution in [3.05, 3.63) is 69.1 Å². The first-order valence-corrected chi connectivity index (χ1v) is 15.5. The smallest absolute Gasteiger partial charge is 0.459 e. The van der Waals surface area contributed by atoms with Crippen LogP contribution in [0, 0.1) is 46.9 Å². The molecule has 259 valence electrons. The van der Waals surface area contributed by atoms with Gasteiger partial charge in [0.2, 0.25) is 0 Å². The maximum absolute atomic E-state index is 14.8. The third kappa shape index (κ3) is 5.05. The first kappa shape index (κ1) is 32.2. The molecule has 8 nitrogen and oxygen atoms in total. The Balaban J connectivity index is 0.00000348. The van der Waals surface area contributed by atoms with Crippen LogP contribution in [0.25, 0.3) is 32.2 Å². The van der Waals surface area contributed by atoms with E-state index in [0.717, 1.165) is 24.3 Å². The molecule has 5 aliphatic rings. The second-order valence-electron chi connectivity index (χ2n) is 13.0. The molecule has 2 aromatic carbocycles. The van der Waals surface area contributed by atoms with Crippen LogP contribution in [0.2, 0.25) is 0 Å². The van der Waals surface area contributed by atoms with Gasteiger partial charge in [-0.2, -0.15) is 0 Å². The Bertz CT molecular complexity index is 2050. The molecule has 0 spiro atoms. The number of aliphatic imine (C=N–C) groups is 2. The SMILES string of the molecule is Fc1cc2c3[n-]c(c2cc1F)N=C1[N-]C(N=c2[n-]c(c4cc(F)c(F)cc24)=NC2[N-]C(=N3)C3CC(F)C(F)CC23)C2CC(F)C(F)CC12.[Cu+2]. The molecular formula is C32H22CuF8N8-2. The zero-order valence-electron chi connectivity index (χ0n) is 24.8. The topological polar surface area (TPSA) is 106 Å². The molecule has 2 aromatic heterocycles. The maximum atomic E-state index is 14.8. The summed E-state index contributed by atoms with van der Waals surface area (Å²) in [6.45, 7) is 0. The third-order valence-corrected chi connectivity index (χ3v) is 10.2. The van der Waals surface area contributed by atoms with Crippen molar-refractivity contribution in [2.24, 2.45) is 43.6 Å². The summed E-state index contributed by atoms with van der Waals surface area (Å²) >= 11 is 0. The molecule has 3 aliphatic heterocycles. The van der Waals surface area contributed by atoms with Gasteiger partial charge in [-0.05, 0) is 119 Å².